The highest BCUT2D eigenvalue weighted by Gasteiger charge is 2.18. The van der Waals surface area contributed by atoms with Gasteiger partial charge in [0.15, 0.2) is 0 Å². The zero-order valence-corrected chi connectivity index (χ0v) is 7.98. The predicted molar refractivity (Wildman–Crippen MR) is 45.0 cm³/mol. The Balaban J connectivity index is 3.20. The molecule has 0 aromatic heterocycles. The van der Waals surface area contributed by atoms with Crippen LogP contribution in [0.5, 0.6) is 0 Å². The Labute approximate surface area is 81.3 Å². The first-order valence-electron chi connectivity index (χ1n) is 3.44. The summed E-state index contributed by atoms with van der Waals surface area (Å²) >= 11 is 2.86. The van der Waals surface area contributed by atoms with Crippen LogP contribution in [0.3, 0.4) is 0 Å². The Bertz CT molecular complexity index is 293. The lowest BCUT2D eigenvalue weighted by atomic mass is 10.1. The van der Waals surface area contributed by atoms with Crippen molar-refractivity contribution >= 4 is 15.9 Å². The Kier molecular flexibility index (Phi) is 3.33. The number of rotatable bonds is 2. The molecule has 5 heteroatoms. The van der Waals surface area contributed by atoms with E-state index in [1.54, 1.807) is 0 Å². The maximum absolute atomic E-state index is 13.0. The molecule has 1 rings (SSSR count). The molecule has 0 aliphatic rings. The zero-order valence-electron chi connectivity index (χ0n) is 6.40. The molecule has 0 saturated carbocycles. The molecule has 1 atom stereocenters. The van der Waals surface area contributed by atoms with E-state index < -0.39 is 30.0 Å². The molecule has 1 aromatic carbocycles. The minimum Gasteiger partial charge on any atom is -0.385 e. The van der Waals surface area contributed by atoms with Crippen LogP contribution in [0, 0.1) is 11.6 Å². The minimum atomic E-state index is -1.74. The SMILES string of the molecule is OC(CF)c1c(F)cc(Br)cc1F. The quantitative estimate of drug-likeness (QED) is 0.861. The topological polar surface area (TPSA) is 20.2 Å². The molecule has 1 N–H and O–H groups in total. The highest BCUT2D eigenvalue weighted by molar-refractivity contribution is 9.10. The van der Waals surface area contributed by atoms with Crippen molar-refractivity contribution in [3.63, 3.8) is 0 Å². The van der Waals surface area contributed by atoms with Gasteiger partial charge in [0, 0.05) is 4.47 Å². The number of alkyl halides is 1. The summed E-state index contributed by atoms with van der Waals surface area (Å²) in [6, 6.07) is 1.94. The molecular formula is C8H6BrF3O. The first kappa shape index (κ1) is 10.5. The van der Waals surface area contributed by atoms with Gasteiger partial charge in [-0.25, -0.2) is 13.2 Å². The summed E-state index contributed by atoms with van der Waals surface area (Å²) in [4.78, 5) is 0. The van der Waals surface area contributed by atoms with Gasteiger partial charge in [-0.1, -0.05) is 15.9 Å². The summed E-state index contributed by atoms with van der Waals surface area (Å²) < 4.78 is 38.0. The maximum atomic E-state index is 13.0. The smallest absolute Gasteiger partial charge is 0.133 e. The Morgan fingerprint density at radius 3 is 2.15 bits per heavy atom. The van der Waals surface area contributed by atoms with E-state index in [2.05, 4.69) is 15.9 Å². The van der Waals surface area contributed by atoms with Crippen LogP contribution in [-0.4, -0.2) is 11.8 Å². The molecular weight excluding hydrogens is 249 g/mol. The molecule has 0 radical (unpaired) electrons. The number of hydrogen-bond acceptors (Lipinski definition) is 1. The average Bonchev–Trinajstić information content (AvgIpc) is 2.02. The summed E-state index contributed by atoms with van der Waals surface area (Å²) in [6.45, 7) is -1.21. The van der Waals surface area contributed by atoms with E-state index in [9.17, 15) is 13.2 Å². The first-order chi connectivity index (χ1) is 6.06. The molecule has 1 aromatic rings. The van der Waals surface area contributed by atoms with Crippen LogP contribution in [0.4, 0.5) is 13.2 Å². The van der Waals surface area contributed by atoms with Crippen LogP contribution >= 0.6 is 15.9 Å². The van der Waals surface area contributed by atoms with Gasteiger partial charge in [-0.05, 0) is 12.1 Å². The fraction of sp³-hybridized carbons (Fsp3) is 0.250. The molecule has 0 heterocycles. The lowest BCUT2D eigenvalue weighted by Gasteiger charge is -2.09. The Hall–Kier alpha value is -0.550. The monoisotopic (exact) mass is 254 g/mol. The van der Waals surface area contributed by atoms with Crippen LogP contribution in [0.1, 0.15) is 11.7 Å². The predicted octanol–water partition coefficient (Wildman–Crippen LogP) is 2.73. The number of aliphatic hydroxyl groups excluding tert-OH is 1. The van der Waals surface area contributed by atoms with Crippen molar-refractivity contribution in [2.24, 2.45) is 0 Å². The molecule has 0 saturated heterocycles. The van der Waals surface area contributed by atoms with Crippen LogP contribution < -0.4 is 0 Å². The van der Waals surface area contributed by atoms with E-state index in [-0.39, 0.29) is 4.47 Å². The molecule has 0 bridgehead atoms. The average molecular weight is 255 g/mol. The molecule has 0 amide bonds. The molecule has 1 unspecified atom stereocenters. The summed E-state index contributed by atoms with van der Waals surface area (Å²) in [7, 11) is 0. The van der Waals surface area contributed by atoms with Crippen molar-refractivity contribution in [1.29, 1.82) is 0 Å². The third-order valence-electron chi connectivity index (χ3n) is 1.52. The van der Waals surface area contributed by atoms with Crippen LogP contribution in [0.2, 0.25) is 0 Å². The van der Waals surface area contributed by atoms with Gasteiger partial charge in [0.05, 0.1) is 5.56 Å². The van der Waals surface area contributed by atoms with Crippen LogP contribution in [0.25, 0.3) is 0 Å². The van der Waals surface area contributed by atoms with Gasteiger partial charge in [0.25, 0.3) is 0 Å². The van der Waals surface area contributed by atoms with Gasteiger partial charge < -0.3 is 5.11 Å². The lowest BCUT2D eigenvalue weighted by Crippen LogP contribution is -2.05. The van der Waals surface area contributed by atoms with Crippen molar-refractivity contribution < 1.29 is 18.3 Å². The van der Waals surface area contributed by atoms with Crippen molar-refractivity contribution in [3.8, 4) is 0 Å². The Morgan fingerprint density at radius 1 is 1.31 bits per heavy atom. The van der Waals surface area contributed by atoms with Gasteiger partial charge in [-0.15, -0.1) is 0 Å². The fourth-order valence-corrected chi connectivity index (χ4v) is 1.35. The summed E-state index contributed by atoms with van der Waals surface area (Å²) in [5, 5.41) is 8.91. The third-order valence-corrected chi connectivity index (χ3v) is 1.98. The van der Waals surface area contributed by atoms with Crippen molar-refractivity contribution in [3.05, 3.63) is 33.8 Å². The normalized spacial score (nSPS) is 13.0. The second kappa shape index (κ2) is 4.11. The number of benzene rings is 1. The van der Waals surface area contributed by atoms with Gasteiger partial charge in [-0.2, -0.15) is 0 Å². The van der Waals surface area contributed by atoms with E-state index in [0.717, 1.165) is 12.1 Å². The number of aliphatic hydroxyl groups is 1. The van der Waals surface area contributed by atoms with E-state index in [0.29, 0.717) is 0 Å². The molecule has 0 fully saturated rings. The highest BCUT2D eigenvalue weighted by Crippen LogP contribution is 2.24. The molecule has 13 heavy (non-hydrogen) atoms. The van der Waals surface area contributed by atoms with Crippen LogP contribution in [-0.2, 0) is 0 Å². The van der Waals surface area contributed by atoms with Crippen molar-refractivity contribution in [2.45, 2.75) is 6.10 Å². The third kappa shape index (κ3) is 2.22. The second-order valence-corrected chi connectivity index (χ2v) is 3.37. The van der Waals surface area contributed by atoms with Crippen molar-refractivity contribution in [2.75, 3.05) is 6.67 Å². The first-order valence-corrected chi connectivity index (χ1v) is 4.24. The molecule has 0 spiro atoms. The molecule has 72 valence electrons. The minimum absolute atomic E-state index is 0.206. The van der Waals surface area contributed by atoms with Crippen molar-refractivity contribution in [1.82, 2.24) is 0 Å². The molecule has 0 aliphatic heterocycles. The Morgan fingerprint density at radius 2 is 1.77 bits per heavy atom. The summed E-state index contributed by atoms with van der Waals surface area (Å²) in [6.07, 6.45) is -1.74. The van der Waals surface area contributed by atoms with Crippen LogP contribution in [0.15, 0.2) is 16.6 Å². The van der Waals surface area contributed by atoms with Gasteiger partial charge >= 0.3 is 0 Å². The van der Waals surface area contributed by atoms with Gasteiger partial charge in [-0.3, -0.25) is 0 Å². The van der Waals surface area contributed by atoms with E-state index in [1.165, 1.54) is 0 Å². The second-order valence-electron chi connectivity index (χ2n) is 2.45. The fourth-order valence-electron chi connectivity index (χ4n) is 0.949. The van der Waals surface area contributed by atoms with E-state index in [1.807, 2.05) is 0 Å². The maximum Gasteiger partial charge on any atom is 0.133 e. The summed E-state index contributed by atoms with van der Waals surface area (Å²) in [5.74, 6) is -1.92. The number of hydrogen-bond donors (Lipinski definition) is 1. The molecule has 1 nitrogen and oxygen atoms in total. The summed E-state index contributed by atoms with van der Waals surface area (Å²) in [5.41, 5.74) is -0.634. The largest absolute Gasteiger partial charge is 0.385 e. The van der Waals surface area contributed by atoms with Gasteiger partial charge in [0.2, 0.25) is 0 Å². The van der Waals surface area contributed by atoms with Gasteiger partial charge in [0.1, 0.15) is 24.4 Å². The molecule has 0 aliphatic carbocycles. The standard InChI is InChI=1S/C8H6BrF3O/c9-4-1-5(11)8(6(12)2-4)7(13)3-10/h1-2,7,13H,3H2. The number of halogens is 4. The highest BCUT2D eigenvalue weighted by atomic mass is 79.9. The zero-order chi connectivity index (χ0) is 10.0. The lowest BCUT2D eigenvalue weighted by molar-refractivity contribution is 0.133. The van der Waals surface area contributed by atoms with E-state index >= 15 is 0 Å². The van der Waals surface area contributed by atoms with E-state index in [4.69, 9.17) is 5.11 Å².